The summed E-state index contributed by atoms with van der Waals surface area (Å²) < 4.78 is 10.6. The van der Waals surface area contributed by atoms with Gasteiger partial charge in [0, 0.05) is 22.2 Å². The molecule has 3 N–H and O–H groups in total. The van der Waals surface area contributed by atoms with E-state index in [9.17, 15) is 0 Å². The van der Waals surface area contributed by atoms with Crippen molar-refractivity contribution in [3.63, 3.8) is 0 Å². The molecule has 0 amide bonds. The number of benzene rings is 2. The van der Waals surface area contributed by atoms with Crippen LogP contribution in [0.3, 0.4) is 0 Å². The van der Waals surface area contributed by atoms with E-state index < -0.39 is 0 Å². The fraction of sp³-hybridized carbons (Fsp3) is 0.350. The molecule has 0 heterocycles. The molecule has 3 rings (SSSR count). The van der Waals surface area contributed by atoms with Crippen molar-refractivity contribution < 1.29 is 9.47 Å². The van der Waals surface area contributed by atoms with Crippen LogP contribution in [0.2, 0.25) is 5.02 Å². The van der Waals surface area contributed by atoms with Crippen LogP contribution < -0.4 is 20.5 Å². The summed E-state index contributed by atoms with van der Waals surface area (Å²) in [4.78, 5) is 4.58. The average molecular weight is 374 g/mol. The topological polar surface area (TPSA) is 68.9 Å². The van der Waals surface area contributed by atoms with Crippen molar-refractivity contribution in [3.8, 4) is 11.5 Å². The van der Waals surface area contributed by atoms with Gasteiger partial charge in [-0.2, -0.15) is 0 Å². The van der Waals surface area contributed by atoms with E-state index in [0.717, 1.165) is 29.1 Å². The van der Waals surface area contributed by atoms with Crippen LogP contribution in [0, 0.1) is 0 Å². The molecule has 1 aliphatic rings. The lowest BCUT2D eigenvalue weighted by molar-refractivity contribution is 0.254. The summed E-state index contributed by atoms with van der Waals surface area (Å²) in [5, 5.41) is 3.91. The second-order valence-electron chi connectivity index (χ2n) is 6.51. The van der Waals surface area contributed by atoms with E-state index in [0.29, 0.717) is 24.0 Å². The number of halogens is 1. The highest BCUT2D eigenvalue weighted by atomic mass is 35.5. The smallest absolute Gasteiger partial charge is 0.193 e. The lowest BCUT2D eigenvalue weighted by atomic mass is 9.64. The van der Waals surface area contributed by atoms with Crippen molar-refractivity contribution in [2.75, 3.05) is 26.1 Å². The van der Waals surface area contributed by atoms with Crippen molar-refractivity contribution >= 4 is 23.2 Å². The van der Waals surface area contributed by atoms with Crippen molar-refractivity contribution in [1.29, 1.82) is 0 Å². The molecule has 26 heavy (non-hydrogen) atoms. The molecule has 5 nitrogen and oxygen atoms in total. The molecule has 0 saturated heterocycles. The third kappa shape index (κ3) is 3.73. The van der Waals surface area contributed by atoms with Gasteiger partial charge in [-0.1, -0.05) is 36.2 Å². The Bertz CT molecular complexity index is 803. The molecular formula is C20H24ClN3O2. The Labute approximate surface area is 159 Å². The summed E-state index contributed by atoms with van der Waals surface area (Å²) in [5.74, 6) is 1.67. The molecule has 0 aliphatic heterocycles. The lowest BCUT2D eigenvalue weighted by Gasteiger charge is -2.41. The summed E-state index contributed by atoms with van der Waals surface area (Å²) >= 11 is 6.41. The van der Waals surface area contributed by atoms with Crippen LogP contribution in [0.1, 0.15) is 24.8 Å². The summed E-state index contributed by atoms with van der Waals surface area (Å²) in [6, 6.07) is 13.5. The van der Waals surface area contributed by atoms with Crippen molar-refractivity contribution in [2.45, 2.75) is 24.7 Å². The van der Waals surface area contributed by atoms with E-state index in [1.54, 1.807) is 14.2 Å². The zero-order valence-corrected chi connectivity index (χ0v) is 15.8. The van der Waals surface area contributed by atoms with Crippen LogP contribution in [0.5, 0.6) is 11.5 Å². The number of nitrogens with one attached hydrogen (secondary N) is 1. The predicted molar refractivity (Wildman–Crippen MR) is 107 cm³/mol. The molecule has 0 atom stereocenters. The number of hydrogen-bond acceptors (Lipinski definition) is 3. The molecule has 1 saturated carbocycles. The van der Waals surface area contributed by atoms with E-state index >= 15 is 0 Å². The van der Waals surface area contributed by atoms with Crippen LogP contribution in [0.15, 0.2) is 47.5 Å². The van der Waals surface area contributed by atoms with E-state index in [4.69, 9.17) is 26.8 Å². The summed E-state index contributed by atoms with van der Waals surface area (Å²) in [6.45, 7) is 0.614. The number of ether oxygens (including phenoxy) is 2. The molecule has 1 fully saturated rings. The molecule has 0 radical (unpaired) electrons. The SMILES string of the molecule is COc1ccc(NC(N)=NCC2(c3ccccc3Cl)CCC2)cc1OC. The van der Waals surface area contributed by atoms with Crippen molar-refractivity contribution in [1.82, 2.24) is 0 Å². The molecule has 0 spiro atoms. The van der Waals surface area contributed by atoms with Gasteiger partial charge in [-0.05, 0) is 36.6 Å². The fourth-order valence-electron chi connectivity index (χ4n) is 3.35. The summed E-state index contributed by atoms with van der Waals surface area (Å²) in [7, 11) is 3.20. The fourth-order valence-corrected chi connectivity index (χ4v) is 3.68. The third-order valence-electron chi connectivity index (χ3n) is 4.96. The second-order valence-corrected chi connectivity index (χ2v) is 6.92. The molecule has 0 bridgehead atoms. The molecule has 2 aromatic rings. The maximum atomic E-state index is 6.41. The molecule has 1 aliphatic carbocycles. The molecule has 0 unspecified atom stereocenters. The average Bonchev–Trinajstić information content (AvgIpc) is 2.62. The van der Waals surface area contributed by atoms with Gasteiger partial charge >= 0.3 is 0 Å². The Morgan fingerprint density at radius 2 is 1.88 bits per heavy atom. The Morgan fingerprint density at radius 3 is 2.50 bits per heavy atom. The Morgan fingerprint density at radius 1 is 1.15 bits per heavy atom. The largest absolute Gasteiger partial charge is 0.493 e. The maximum absolute atomic E-state index is 6.41. The second kappa shape index (κ2) is 7.87. The molecule has 6 heteroatoms. The third-order valence-corrected chi connectivity index (χ3v) is 5.29. The van der Waals surface area contributed by atoms with Gasteiger partial charge < -0.3 is 20.5 Å². The molecular weight excluding hydrogens is 350 g/mol. The Kier molecular flexibility index (Phi) is 5.57. The van der Waals surface area contributed by atoms with E-state index in [2.05, 4.69) is 16.4 Å². The molecule has 0 aromatic heterocycles. The first kappa shape index (κ1) is 18.4. The lowest BCUT2D eigenvalue weighted by Crippen LogP contribution is -2.39. The van der Waals surface area contributed by atoms with Crippen LogP contribution in [-0.2, 0) is 5.41 Å². The normalized spacial score (nSPS) is 15.9. The van der Waals surface area contributed by atoms with E-state index in [1.165, 1.54) is 6.42 Å². The van der Waals surface area contributed by atoms with E-state index in [-0.39, 0.29) is 5.41 Å². The highest BCUT2D eigenvalue weighted by molar-refractivity contribution is 6.31. The first-order valence-electron chi connectivity index (χ1n) is 8.62. The highest BCUT2D eigenvalue weighted by Gasteiger charge is 2.39. The number of aliphatic imine (C=N–C) groups is 1. The number of methoxy groups -OCH3 is 2. The first-order valence-corrected chi connectivity index (χ1v) is 9.00. The quantitative estimate of drug-likeness (QED) is 0.588. The zero-order valence-electron chi connectivity index (χ0n) is 15.1. The minimum absolute atomic E-state index is 0.0117. The Balaban J connectivity index is 1.73. The van der Waals surface area contributed by atoms with Crippen LogP contribution >= 0.6 is 11.6 Å². The number of rotatable bonds is 6. The van der Waals surface area contributed by atoms with Gasteiger partial charge in [0.1, 0.15) is 0 Å². The summed E-state index contributed by atoms with van der Waals surface area (Å²) in [6.07, 6.45) is 3.33. The minimum atomic E-state index is -0.0117. The van der Waals surface area contributed by atoms with Gasteiger partial charge in [0.2, 0.25) is 0 Å². The predicted octanol–water partition coefficient (Wildman–Crippen LogP) is 4.21. The zero-order chi connectivity index (χ0) is 18.6. The van der Waals surface area contributed by atoms with Gasteiger partial charge in [-0.3, -0.25) is 4.99 Å². The highest BCUT2D eigenvalue weighted by Crippen LogP contribution is 2.46. The van der Waals surface area contributed by atoms with Gasteiger partial charge in [-0.25, -0.2) is 0 Å². The number of nitrogens with zero attached hydrogens (tertiary/aromatic N) is 1. The van der Waals surface area contributed by atoms with E-state index in [1.807, 2.05) is 36.4 Å². The number of guanidine groups is 1. The van der Waals surface area contributed by atoms with Crippen LogP contribution in [-0.4, -0.2) is 26.7 Å². The van der Waals surface area contributed by atoms with Crippen molar-refractivity contribution in [2.24, 2.45) is 10.7 Å². The molecule has 138 valence electrons. The standard InChI is InChI=1S/C20H24ClN3O2/c1-25-17-9-8-14(12-18(17)26-2)24-19(22)23-13-20(10-5-11-20)15-6-3-4-7-16(15)21/h3-4,6-9,12H,5,10-11,13H2,1-2H3,(H3,22,23,24). The first-order chi connectivity index (χ1) is 12.6. The Hall–Kier alpha value is -2.40. The summed E-state index contributed by atoms with van der Waals surface area (Å²) in [5.41, 5.74) is 8.05. The molecule has 2 aromatic carbocycles. The monoisotopic (exact) mass is 373 g/mol. The van der Waals surface area contributed by atoms with Crippen LogP contribution in [0.4, 0.5) is 5.69 Å². The van der Waals surface area contributed by atoms with Gasteiger partial charge in [-0.15, -0.1) is 0 Å². The van der Waals surface area contributed by atoms with Gasteiger partial charge in [0.05, 0.1) is 20.8 Å². The maximum Gasteiger partial charge on any atom is 0.193 e. The van der Waals surface area contributed by atoms with Crippen LogP contribution in [0.25, 0.3) is 0 Å². The number of anilines is 1. The van der Waals surface area contributed by atoms with Gasteiger partial charge in [0.25, 0.3) is 0 Å². The number of hydrogen-bond donors (Lipinski definition) is 2. The minimum Gasteiger partial charge on any atom is -0.493 e. The van der Waals surface area contributed by atoms with Gasteiger partial charge in [0.15, 0.2) is 17.5 Å². The number of nitrogens with two attached hydrogens (primary N) is 1. The van der Waals surface area contributed by atoms with Crippen molar-refractivity contribution in [3.05, 3.63) is 53.1 Å².